The van der Waals surface area contributed by atoms with Gasteiger partial charge in [0.25, 0.3) is 0 Å². The number of hydrogen-bond acceptors (Lipinski definition) is 3. The van der Waals surface area contributed by atoms with E-state index in [1.807, 2.05) is 44.2 Å². The second kappa shape index (κ2) is 6.90. The Morgan fingerprint density at radius 2 is 2.12 bits per heavy atom. The van der Waals surface area contributed by atoms with E-state index in [9.17, 15) is 5.11 Å². The molecule has 16 heavy (non-hydrogen) atoms. The first kappa shape index (κ1) is 12.6. The Hall–Kier alpha value is -1.48. The zero-order chi connectivity index (χ0) is 11.8. The van der Waals surface area contributed by atoms with Crippen molar-refractivity contribution in [3.8, 4) is 11.5 Å². The van der Waals surface area contributed by atoms with E-state index in [2.05, 4.69) is 0 Å². The maximum absolute atomic E-state index is 9.21. The fourth-order valence-electron chi connectivity index (χ4n) is 1.35. The van der Waals surface area contributed by atoms with Crippen LogP contribution in [0.15, 0.2) is 30.4 Å². The van der Waals surface area contributed by atoms with Gasteiger partial charge in [0.05, 0.1) is 13.2 Å². The summed E-state index contributed by atoms with van der Waals surface area (Å²) in [6.07, 6.45) is 3.83. The molecule has 1 aromatic carbocycles. The number of aliphatic hydroxyl groups is 1. The summed E-state index contributed by atoms with van der Waals surface area (Å²) in [6.45, 7) is 4.86. The monoisotopic (exact) mass is 222 g/mol. The fraction of sp³-hybridized carbons (Fsp3) is 0.385. The summed E-state index contributed by atoms with van der Waals surface area (Å²) < 4.78 is 11.0. The van der Waals surface area contributed by atoms with Crippen molar-refractivity contribution < 1.29 is 14.6 Å². The van der Waals surface area contributed by atoms with E-state index < -0.39 is 0 Å². The van der Waals surface area contributed by atoms with Crippen molar-refractivity contribution in [2.75, 3.05) is 13.2 Å². The minimum atomic E-state index is -0.0495. The molecule has 0 spiro atoms. The molecule has 1 aromatic rings. The third kappa shape index (κ3) is 3.28. The molecule has 0 aliphatic heterocycles. The average Bonchev–Trinajstić information content (AvgIpc) is 2.31. The molecular weight excluding hydrogens is 204 g/mol. The van der Waals surface area contributed by atoms with Gasteiger partial charge in [0, 0.05) is 5.56 Å². The van der Waals surface area contributed by atoms with Gasteiger partial charge < -0.3 is 14.6 Å². The Kier molecular flexibility index (Phi) is 5.43. The smallest absolute Gasteiger partial charge is 0.167 e. The van der Waals surface area contributed by atoms with Gasteiger partial charge in [-0.2, -0.15) is 0 Å². The van der Waals surface area contributed by atoms with Gasteiger partial charge >= 0.3 is 0 Å². The van der Waals surface area contributed by atoms with E-state index in [0.717, 1.165) is 5.56 Å². The van der Waals surface area contributed by atoms with Gasteiger partial charge in [-0.15, -0.1) is 0 Å². The van der Waals surface area contributed by atoms with Crippen LogP contribution in [-0.2, 0) is 6.61 Å². The maximum Gasteiger partial charge on any atom is 0.167 e. The van der Waals surface area contributed by atoms with Gasteiger partial charge in [0.15, 0.2) is 11.5 Å². The van der Waals surface area contributed by atoms with Crippen LogP contribution in [0, 0.1) is 0 Å². The summed E-state index contributed by atoms with van der Waals surface area (Å²) in [5.74, 6) is 1.31. The topological polar surface area (TPSA) is 38.7 Å². The second-order valence-corrected chi connectivity index (χ2v) is 3.22. The number of para-hydroxylation sites is 1. The first-order valence-electron chi connectivity index (χ1n) is 5.43. The van der Waals surface area contributed by atoms with Crippen molar-refractivity contribution in [2.24, 2.45) is 0 Å². The van der Waals surface area contributed by atoms with Gasteiger partial charge in [0.2, 0.25) is 0 Å². The van der Waals surface area contributed by atoms with Gasteiger partial charge in [-0.3, -0.25) is 0 Å². The van der Waals surface area contributed by atoms with E-state index in [-0.39, 0.29) is 6.61 Å². The van der Waals surface area contributed by atoms with E-state index in [1.165, 1.54) is 0 Å². The molecular formula is C13H18O3. The number of hydrogen-bond donors (Lipinski definition) is 1. The Labute approximate surface area is 96.3 Å². The number of aliphatic hydroxyl groups excluding tert-OH is 1. The number of rotatable bonds is 6. The lowest BCUT2D eigenvalue weighted by molar-refractivity contribution is 0.259. The molecule has 0 aliphatic carbocycles. The molecule has 0 amide bonds. The normalized spacial score (nSPS) is 10.7. The zero-order valence-electron chi connectivity index (χ0n) is 9.77. The molecule has 0 heterocycles. The quantitative estimate of drug-likeness (QED) is 0.752. The van der Waals surface area contributed by atoms with Crippen LogP contribution in [0.2, 0.25) is 0 Å². The molecule has 0 saturated heterocycles. The molecule has 0 unspecified atom stereocenters. The van der Waals surface area contributed by atoms with E-state index in [4.69, 9.17) is 9.47 Å². The summed E-state index contributed by atoms with van der Waals surface area (Å²) in [5, 5.41) is 9.21. The highest BCUT2D eigenvalue weighted by molar-refractivity contribution is 5.46. The average molecular weight is 222 g/mol. The Balaban J connectivity index is 2.89. The third-order valence-corrected chi connectivity index (χ3v) is 2.09. The molecule has 3 heteroatoms. The molecule has 1 rings (SSSR count). The molecule has 0 aromatic heterocycles. The second-order valence-electron chi connectivity index (χ2n) is 3.22. The highest BCUT2D eigenvalue weighted by Gasteiger charge is 2.09. The lowest BCUT2D eigenvalue weighted by atomic mass is 10.2. The minimum absolute atomic E-state index is 0.0495. The van der Waals surface area contributed by atoms with Gasteiger partial charge in [0.1, 0.15) is 6.61 Å². The van der Waals surface area contributed by atoms with Crippen LogP contribution < -0.4 is 9.47 Å². The SMILES string of the molecule is C/C=C/COc1c(CO)cccc1OCC. The Morgan fingerprint density at radius 3 is 2.75 bits per heavy atom. The van der Waals surface area contributed by atoms with E-state index >= 15 is 0 Å². The first-order chi connectivity index (χ1) is 7.83. The van der Waals surface area contributed by atoms with Crippen LogP contribution in [0.1, 0.15) is 19.4 Å². The van der Waals surface area contributed by atoms with Crippen LogP contribution in [0.4, 0.5) is 0 Å². The Bertz CT molecular complexity index is 345. The van der Waals surface area contributed by atoms with Gasteiger partial charge in [-0.25, -0.2) is 0 Å². The number of allylic oxidation sites excluding steroid dienone is 1. The summed E-state index contributed by atoms with van der Waals surface area (Å²) in [6, 6.07) is 5.51. The third-order valence-electron chi connectivity index (χ3n) is 2.09. The standard InChI is InChI=1S/C13H18O3/c1-3-5-9-16-13-11(10-14)7-6-8-12(13)15-4-2/h3,5-8,14H,4,9-10H2,1-2H3/b5-3+. The van der Waals surface area contributed by atoms with E-state index in [0.29, 0.717) is 24.7 Å². The zero-order valence-corrected chi connectivity index (χ0v) is 9.77. The maximum atomic E-state index is 9.21. The summed E-state index contributed by atoms with van der Waals surface area (Å²) >= 11 is 0. The lowest BCUT2D eigenvalue weighted by Crippen LogP contribution is -2.02. The largest absolute Gasteiger partial charge is 0.490 e. The molecule has 0 radical (unpaired) electrons. The highest BCUT2D eigenvalue weighted by Crippen LogP contribution is 2.31. The lowest BCUT2D eigenvalue weighted by Gasteiger charge is -2.13. The van der Waals surface area contributed by atoms with Crippen LogP contribution in [0.3, 0.4) is 0 Å². The molecule has 0 aliphatic rings. The van der Waals surface area contributed by atoms with Crippen molar-refractivity contribution >= 4 is 0 Å². The van der Waals surface area contributed by atoms with Gasteiger partial charge in [-0.05, 0) is 19.9 Å². The summed E-state index contributed by atoms with van der Waals surface area (Å²) in [4.78, 5) is 0. The van der Waals surface area contributed by atoms with Crippen LogP contribution in [-0.4, -0.2) is 18.3 Å². The summed E-state index contributed by atoms with van der Waals surface area (Å²) in [7, 11) is 0. The molecule has 0 saturated carbocycles. The molecule has 0 fully saturated rings. The predicted octanol–water partition coefficient (Wildman–Crippen LogP) is 2.53. The number of benzene rings is 1. The van der Waals surface area contributed by atoms with Crippen molar-refractivity contribution in [1.29, 1.82) is 0 Å². The van der Waals surface area contributed by atoms with Crippen LogP contribution >= 0.6 is 0 Å². The van der Waals surface area contributed by atoms with Crippen molar-refractivity contribution in [1.82, 2.24) is 0 Å². The first-order valence-corrected chi connectivity index (χ1v) is 5.43. The van der Waals surface area contributed by atoms with Crippen LogP contribution in [0.5, 0.6) is 11.5 Å². The number of ether oxygens (including phenoxy) is 2. The van der Waals surface area contributed by atoms with Crippen LogP contribution in [0.25, 0.3) is 0 Å². The molecule has 1 N–H and O–H groups in total. The summed E-state index contributed by atoms with van der Waals surface area (Å²) in [5.41, 5.74) is 0.746. The van der Waals surface area contributed by atoms with Crippen molar-refractivity contribution in [3.63, 3.8) is 0 Å². The molecule has 3 nitrogen and oxygen atoms in total. The fourth-order valence-corrected chi connectivity index (χ4v) is 1.35. The highest BCUT2D eigenvalue weighted by atomic mass is 16.5. The molecule has 0 bridgehead atoms. The molecule has 88 valence electrons. The minimum Gasteiger partial charge on any atom is -0.490 e. The van der Waals surface area contributed by atoms with Crippen molar-refractivity contribution in [2.45, 2.75) is 20.5 Å². The predicted molar refractivity (Wildman–Crippen MR) is 63.8 cm³/mol. The molecule has 0 atom stereocenters. The van der Waals surface area contributed by atoms with Crippen molar-refractivity contribution in [3.05, 3.63) is 35.9 Å². The Morgan fingerprint density at radius 1 is 1.31 bits per heavy atom. The van der Waals surface area contributed by atoms with E-state index in [1.54, 1.807) is 0 Å². The van der Waals surface area contributed by atoms with Gasteiger partial charge in [-0.1, -0.05) is 24.3 Å².